The molecule has 0 saturated carbocycles. The van der Waals surface area contributed by atoms with Crippen molar-refractivity contribution in [3.63, 3.8) is 0 Å². The molecule has 4 heterocycles. The predicted molar refractivity (Wildman–Crippen MR) is 94.3 cm³/mol. The van der Waals surface area contributed by atoms with Crippen LogP contribution in [-0.2, 0) is 17.8 Å². The van der Waals surface area contributed by atoms with Crippen molar-refractivity contribution in [1.29, 1.82) is 0 Å². The normalized spacial score (nSPS) is 21.8. The average molecular weight is 356 g/mol. The van der Waals surface area contributed by atoms with Crippen molar-refractivity contribution in [2.45, 2.75) is 32.0 Å². The van der Waals surface area contributed by atoms with Gasteiger partial charge in [-0.3, -0.25) is 14.4 Å². The highest BCUT2D eigenvalue weighted by Gasteiger charge is 2.28. The second-order valence-corrected chi connectivity index (χ2v) is 6.98. The first-order valence-corrected chi connectivity index (χ1v) is 9.17. The number of amides is 1. The van der Waals surface area contributed by atoms with Crippen molar-refractivity contribution >= 4 is 5.91 Å². The minimum absolute atomic E-state index is 0.109. The van der Waals surface area contributed by atoms with Crippen molar-refractivity contribution in [2.24, 2.45) is 5.92 Å². The van der Waals surface area contributed by atoms with Gasteiger partial charge in [-0.05, 0) is 25.0 Å². The maximum absolute atomic E-state index is 12.3. The summed E-state index contributed by atoms with van der Waals surface area (Å²) >= 11 is 0. The van der Waals surface area contributed by atoms with Crippen LogP contribution in [0.15, 0.2) is 30.7 Å². The van der Waals surface area contributed by atoms with E-state index in [9.17, 15) is 4.79 Å². The third-order valence-electron chi connectivity index (χ3n) is 5.20. The van der Waals surface area contributed by atoms with Crippen LogP contribution in [0, 0.1) is 5.92 Å². The summed E-state index contributed by atoms with van der Waals surface area (Å²) in [7, 11) is 0. The Morgan fingerprint density at radius 2 is 2.08 bits per heavy atom. The molecule has 2 aliphatic rings. The molecule has 1 fully saturated rings. The first-order chi connectivity index (χ1) is 12.8. The molecule has 1 amide bonds. The summed E-state index contributed by atoms with van der Waals surface area (Å²) in [5.41, 5.74) is 1.78. The minimum Gasteiger partial charge on any atom is -0.381 e. The van der Waals surface area contributed by atoms with Gasteiger partial charge in [0.1, 0.15) is 0 Å². The molecule has 0 spiro atoms. The van der Waals surface area contributed by atoms with E-state index in [2.05, 4.69) is 36.3 Å². The maximum atomic E-state index is 12.3. The number of nitrogens with zero attached hydrogens (tertiary/aromatic N) is 5. The Balaban J connectivity index is 1.43. The lowest BCUT2D eigenvalue weighted by Crippen LogP contribution is -2.43. The molecule has 1 saturated heterocycles. The highest BCUT2D eigenvalue weighted by molar-refractivity contribution is 5.93. The van der Waals surface area contributed by atoms with E-state index in [4.69, 9.17) is 4.74 Å². The fraction of sp³-hybridized carbons (Fsp3) is 0.556. The number of aromatic nitrogens is 4. The minimum atomic E-state index is -0.109. The molecular formula is C18H24N6O2. The van der Waals surface area contributed by atoms with Gasteiger partial charge in [-0.2, -0.15) is 15.3 Å². The number of rotatable bonds is 4. The van der Waals surface area contributed by atoms with Crippen LogP contribution >= 0.6 is 0 Å². The number of fused-ring (bicyclic) bond motifs is 1. The largest absolute Gasteiger partial charge is 0.381 e. The van der Waals surface area contributed by atoms with Crippen molar-refractivity contribution in [3.8, 4) is 0 Å². The Bertz CT molecular complexity index is 728. The van der Waals surface area contributed by atoms with Gasteiger partial charge in [0.2, 0.25) is 0 Å². The average Bonchev–Trinajstić information content (AvgIpc) is 3.05. The molecular weight excluding hydrogens is 332 g/mol. The maximum Gasteiger partial charge on any atom is 0.252 e. The Kier molecular flexibility index (Phi) is 5.21. The zero-order valence-corrected chi connectivity index (χ0v) is 14.8. The zero-order chi connectivity index (χ0) is 17.8. The van der Waals surface area contributed by atoms with E-state index in [-0.39, 0.29) is 5.91 Å². The fourth-order valence-corrected chi connectivity index (χ4v) is 3.79. The van der Waals surface area contributed by atoms with Crippen molar-refractivity contribution in [3.05, 3.63) is 42.0 Å². The van der Waals surface area contributed by atoms with Crippen molar-refractivity contribution < 1.29 is 9.53 Å². The summed E-state index contributed by atoms with van der Waals surface area (Å²) < 4.78 is 7.59. The van der Waals surface area contributed by atoms with E-state index in [1.807, 2.05) is 6.20 Å². The summed E-state index contributed by atoms with van der Waals surface area (Å²) in [6, 6.07) is 4.30. The van der Waals surface area contributed by atoms with Crippen LogP contribution < -0.4 is 5.32 Å². The molecule has 2 aromatic rings. The monoisotopic (exact) mass is 356 g/mol. The molecule has 0 unspecified atom stereocenters. The highest BCUT2D eigenvalue weighted by Crippen LogP contribution is 2.22. The molecule has 4 rings (SSSR count). The van der Waals surface area contributed by atoms with E-state index in [0.29, 0.717) is 24.1 Å². The Hall–Kier alpha value is -2.32. The first kappa shape index (κ1) is 17.1. The van der Waals surface area contributed by atoms with Crippen LogP contribution in [0.3, 0.4) is 0 Å². The third-order valence-corrected chi connectivity index (χ3v) is 5.20. The van der Waals surface area contributed by atoms with Gasteiger partial charge in [-0.1, -0.05) is 0 Å². The van der Waals surface area contributed by atoms with E-state index in [1.165, 1.54) is 18.1 Å². The van der Waals surface area contributed by atoms with Crippen LogP contribution in [0.4, 0.5) is 0 Å². The number of carbonyl (C=O) groups is 1. The number of hydrogen-bond acceptors (Lipinski definition) is 6. The Morgan fingerprint density at radius 3 is 2.88 bits per heavy atom. The number of nitrogens with one attached hydrogen (secondary N) is 1. The first-order valence-electron chi connectivity index (χ1n) is 9.17. The van der Waals surface area contributed by atoms with E-state index < -0.39 is 0 Å². The third kappa shape index (κ3) is 3.91. The molecule has 0 radical (unpaired) electrons. The smallest absolute Gasteiger partial charge is 0.252 e. The van der Waals surface area contributed by atoms with E-state index in [1.54, 1.807) is 6.07 Å². The van der Waals surface area contributed by atoms with Gasteiger partial charge in [0.25, 0.3) is 5.91 Å². The number of ether oxygens (including phenoxy) is 1. The molecule has 0 bridgehead atoms. The molecule has 8 nitrogen and oxygen atoms in total. The molecule has 0 aromatic carbocycles. The van der Waals surface area contributed by atoms with Gasteiger partial charge in [0.05, 0.1) is 23.7 Å². The molecule has 26 heavy (non-hydrogen) atoms. The molecule has 138 valence electrons. The Morgan fingerprint density at radius 1 is 1.19 bits per heavy atom. The number of hydrogen-bond donors (Lipinski definition) is 1. The lowest BCUT2D eigenvalue weighted by Gasteiger charge is -2.34. The highest BCUT2D eigenvalue weighted by atomic mass is 16.5. The van der Waals surface area contributed by atoms with Gasteiger partial charge in [-0.15, -0.1) is 0 Å². The van der Waals surface area contributed by atoms with Crippen molar-refractivity contribution in [2.75, 3.05) is 26.3 Å². The SMILES string of the molecule is O=C(NC[C@H]1CN(C2CCOCC2)Cc2ccnn2C1)c1ccnnc1. The fourth-order valence-electron chi connectivity index (χ4n) is 3.79. The van der Waals surface area contributed by atoms with Crippen LogP contribution in [0.2, 0.25) is 0 Å². The summed E-state index contributed by atoms with van der Waals surface area (Å²) in [6.07, 6.45) is 7.01. The van der Waals surface area contributed by atoms with Gasteiger partial charge in [0.15, 0.2) is 0 Å². The van der Waals surface area contributed by atoms with Crippen molar-refractivity contribution in [1.82, 2.24) is 30.2 Å². The lowest BCUT2D eigenvalue weighted by molar-refractivity contribution is 0.0264. The van der Waals surface area contributed by atoms with Crippen LogP contribution in [-0.4, -0.2) is 63.1 Å². The predicted octanol–water partition coefficient (Wildman–Crippen LogP) is 0.714. The van der Waals surface area contributed by atoms with Crippen LogP contribution in [0.1, 0.15) is 28.9 Å². The second kappa shape index (κ2) is 7.92. The second-order valence-electron chi connectivity index (χ2n) is 6.98. The lowest BCUT2D eigenvalue weighted by atomic mass is 10.0. The van der Waals surface area contributed by atoms with Gasteiger partial charge in [-0.25, -0.2) is 0 Å². The van der Waals surface area contributed by atoms with Crippen LogP contribution in [0.25, 0.3) is 0 Å². The molecule has 2 aromatic heterocycles. The van der Waals surface area contributed by atoms with Gasteiger partial charge >= 0.3 is 0 Å². The quantitative estimate of drug-likeness (QED) is 0.869. The summed E-state index contributed by atoms with van der Waals surface area (Å²) in [5.74, 6) is 0.195. The van der Waals surface area contributed by atoms with E-state index in [0.717, 1.165) is 45.7 Å². The molecule has 8 heteroatoms. The number of carbonyl (C=O) groups excluding carboxylic acids is 1. The van der Waals surface area contributed by atoms with Gasteiger partial charge in [0, 0.05) is 57.5 Å². The molecule has 1 N–H and O–H groups in total. The standard InChI is InChI=1S/C18H24N6O2/c25-18(15-1-5-20-21-10-15)19-9-14-11-23(16-3-7-26-8-4-16)13-17-2-6-22-24(17)12-14/h1-2,5-6,10,14,16H,3-4,7-9,11-13H2,(H,19,25)/t14-/m0/s1. The van der Waals surface area contributed by atoms with Gasteiger partial charge < -0.3 is 10.1 Å². The summed E-state index contributed by atoms with van der Waals surface area (Å²) in [5, 5.41) is 15.0. The van der Waals surface area contributed by atoms with Crippen LogP contribution in [0.5, 0.6) is 0 Å². The topological polar surface area (TPSA) is 85.2 Å². The summed E-state index contributed by atoms with van der Waals surface area (Å²) in [6.45, 7) is 4.94. The molecule has 1 atom stereocenters. The zero-order valence-electron chi connectivity index (χ0n) is 14.8. The van der Waals surface area contributed by atoms with E-state index >= 15 is 0 Å². The summed E-state index contributed by atoms with van der Waals surface area (Å²) in [4.78, 5) is 14.9. The molecule has 0 aliphatic carbocycles. The Labute approximate surface area is 152 Å². The molecule has 2 aliphatic heterocycles.